The van der Waals surface area contributed by atoms with E-state index in [0.717, 1.165) is 36.4 Å². The van der Waals surface area contributed by atoms with Gasteiger partial charge in [-0.15, -0.1) is 23.5 Å². The van der Waals surface area contributed by atoms with Crippen molar-refractivity contribution < 1.29 is 59.6 Å². The van der Waals surface area contributed by atoms with Crippen LogP contribution in [0.4, 0.5) is 31.1 Å². The topological polar surface area (TPSA) is 181 Å². The lowest BCUT2D eigenvalue weighted by molar-refractivity contribution is -0.146. The summed E-state index contributed by atoms with van der Waals surface area (Å²) < 4.78 is 131. The standard InChI is InChI=1S/C55H48F6N8O7S2/c1-35(77-43-25-71-51(72-26-43)9-5-3-7-39-13-11-37(23-62)19-47(39)58)54(29-68-33-64-31-66-68,45-17-15-41(56)21-49(45)60)75-53(70)76-55(30-69-34-65-32-67-69,46-18-16-42(57)22-50(46)61)36(2)78-44-27-73-52(74-28-44)10-6-4-8-40-14-12-38(24-63)20-48(40)59/h3-22,31-36,43-44,51-52H,25-30H2,1-2H3/b7-3+,8-4+,9-5+,10-6+/t35-,36-,43?,44?,51?,52?,54-,55-/m1/s1. The summed E-state index contributed by atoms with van der Waals surface area (Å²) in [7, 11) is 0. The van der Waals surface area contributed by atoms with Gasteiger partial charge < -0.3 is 28.4 Å². The normalized spacial score (nSPS) is 20.3. The molecule has 6 aromatic rings. The number of rotatable bonds is 20. The fourth-order valence-corrected chi connectivity index (χ4v) is 11.3. The summed E-state index contributed by atoms with van der Waals surface area (Å²) in [4.78, 5) is 23.2. The molecule has 8 rings (SSSR count). The number of nitriles is 2. The molecule has 4 atom stereocenters. The Morgan fingerprint density at radius 2 is 1.04 bits per heavy atom. The molecule has 0 aliphatic carbocycles. The first-order valence-corrected chi connectivity index (χ1v) is 25.9. The molecule has 4 heterocycles. The van der Waals surface area contributed by atoms with Gasteiger partial charge in [0.1, 0.15) is 60.2 Å². The van der Waals surface area contributed by atoms with Gasteiger partial charge in [-0.2, -0.15) is 20.7 Å². The van der Waals surface area contributed by atoms with E-state index in [9.17, 15) is 17.6 Å². The Labute approximate surface area is 452 Å². The third kappa shape index (κ3) is 14.1. The van der Waals surface area contributed by atoms with Crippen LogP contribution < -0.4 is 0 Å². The third-order valence-corrected chi connectivity index (χ3v) is 15.4. The number of allylic oxidation sites excluding steroid dienone is 4. The second-order valence-corrected chi connectivity index (χ2v) is 21.0. The van der Waals surface area contributed by atoms with E-state index in [1.165, 1.54) is 94.6 Å². The molecule has 78 heavy (non-hydrogen) atoms. The lowest BCUT2D eigenvalue weighted by Crippen LogP contribution is -2.51. The number of thioether (sulfide) groups is 2. The van der Waals surface area contributed by atoms with Crippen molar-refractivity contribution in [2.75, 3.05) is 26.4 Å². The van der Waals surface area contributed by atoms with Crippen molar-refractivity contribution in [3.8, 4) is 12.1 Å². The van der Waals surface area contributed by atoms with Crippen molar-refractivity contribution in [1.29, 1.82) is 10.5 Å². The minimum atomic E-state index is -2.12. The number of halogens is 6. The second kappa shape index (κ2) is 26.2. The van der Waals surface area contributed by atoms with Gasteiger partial charge in [-0.25, -0.2) is 50.5 Å². The summed E-state index contributed by atoms with van der Waals surface area (Å²) in [6.07, 6.45) is 14.6. The smallest absolute Gasteiger partial charge is 0.419 e. The number of benzene rings is 4. The van der Waals surface area contributed by atoms with Crippen molar-refractivity contribution in [3.05, 3.63) is 203 Å². The maximum Gasteiger partial charge on any atom is 0.510 e. The number of nitrogens with zero attached hydrogens (tertiary/aromatic N) is 8. The molecule has 404 valence electrons. The van der Waals surface area contributed by atoms with Gasteiger partial charge in [-0.05, 0) is 74.5 Å². The van der Waals surface area contributed by atoms with E-state index in [4.69, 9.17) is 38.9 Å². The van der Waals surface area contributed by atoms with Crippen molar-refractivity contribution >= 4 is 41.8 Å². The molecule has 0 saturated carbocycles. The zero-order valence-electron chi connectivity index (χ0n) is 41.6. The zero-order valence-corrected chi connectivity index (χ0v) is 43.2. The highest BCUT2D eigenvalue weighted by Gasteiger charge is 2.51. The number of hydrogen-bond acceptors (Lipinski definition) is 15. The number of carbonyl (C=O) groups is 1. The van der Waals surface area contributed by atoms with Gasteiger partial charge in [0.15, 0.2) is 23.8 Å². The Morgan fingerprint density at radius 3 is 1.38 bits per heavy atom. The Morgan fingerprint density at radius 1 is 0.628 bits per heavy atom. The first-order valence-electron chi connectivity index (χ1n) is 24.0. The minimum Gasteiger partial charge on any atom is -0.419 e. The van der Waals surface area contributed by atoms with Crippen LogP contribution in [0.3, 0.4) is 0 Å². The van der Waals surface area contributed by atoms with E-state index < -0.39 is 98.9 Å². The Bertz CT molecular complexity index is 3020. The SMILES string of the molecule is C[C@@H](SC1COC(/C=C/C=C/c2ccc(C#N)cc2F)OC1)[C@@](Cn1cncn1)(OC(=O)O[C@@](Cn1cncn1)(c1ccc(F)cc1F)[C@@H](C)SC1COC(/C=C/C=C/c2ccc(C#N)cc2F)OC1)c1ccc(F)cc1F. The van der Waals surface area contributed by atoms with Crippen molar-refractivity contribution in [1.82, 2.24) is 29.5 Å². The van der Waals surface area contributed by atoms with E-state index in [1.807, 2.05) is 12.1 Å². The second-order valence-electron chi connectivity index (χ2n) is 17.7. The van der Waals surface area contributed by atoms with Gasteiger partial charge in [0, 0.05) is 44.9 Å². The van der Waals surface area contributed by atoms with Gasteiger partial charge >= 0.3 is 6.16 Å². The fourth-order valence-electron chi connectivity index (χ4n) is 8.57. The summed E-state index contributed by atoms with van der Waals surface area (Å²) in [6, 6.07) is 17.5. The average Bonchev–Trinajstić information content (AvgIpc) is 4.21. The average molecular weight is 1110 g/mol. The zero-order chi connectivity index (χ0) is 55.2. The Balaban J connectivity index is 1.05. The van der Waals surface area contributed by atoms with E-state index in [1.54, 1.807) is 50.3 Å². The van der Waals surface area contributed by atoms with Crippen LogP contribution in [-0.2, 0) is 52.7 Å². The van der Waals surface area contributed by atoms with Crippen molar-refractivity contribution in [2.24, 2.45) is 0 Å². The van der Waals surface area contributed by atoms with E-state index in [2.05, 4.69) is 20.2 Å². The van der Waals surface area contributed by atoms with Gasteiger partial charge in [0.25, 0.3) is 0 Å². The molecule has 15 nitrogen and oxygen atoms in total. The van der Waals surface area contributed by atoms with E-state index >= 15 is 13.6 Å². The molecular formula is C55H48F6N8O7S2. The Kier molecular flexibility index (Phi) is 19.1. The van der Waals surface area contributed by atoms with E-state index in [0.29, 0.717) is 12.1 Å². The molecule has 0 bridgehead atoms. The monoisotopic (exact) mass is 1110 g/mol. The number of aromatic nitrogens is 6. The number of carbonyl (C=O) groups excluding carboxylic acids is 1. The van der Waals surface area contributed by atoms with Crippen LogP contribution in [0, 0.1) is 57.6 Å². The summed E-state index contributed by atoms with van der Waals surface area (Å²) in [5, 5.41) is 23.7. The molecule has 0 spiro atoms. The summed E-state index contributed by atoms with van der Waals surface area (Å²) in [5.41, 5.74) is -3.90. The van der Waals surface area contributed by atoms with Crippen LogP contribution in [-0.4, -0.2) is 95.7 Å². The van der Waals surface area contributed by atoms with Gasteiger partial charge in [0.05, 0.1) is 73.3 Å². The highest BCUT2D eigenvalue weighted by Crippen LogP contribution is 2.46. The molecule has 2 saturated heterocycles. The molecular weight excluding hydrogens is 1060 g/mol. The summed E-state index contributed by atoms with van der Waals surface area (Å²) in [5.74, 6) is -5.15. The van der Waals surface area contributed by atoms with Crippen LogP contribution in [0.25, 0.3) is 12.2 Å². The van der Waals surface area contributed by atoms with Crippen molar-refractivity contribution in [2.45, 2.75) is 71.7 Å². The minimum absolute atomic E-state index is 0.0805. The first kappa shape index (κ1) is 56.7. The molecule has 0 radical (unpaired) electrons. The number of ether oxygens (including phenoxy) is 6. The first-order chi connectivity index (χ1) is 37.7. The molecule has 4 aromatic carbocycles. The van der Waals surface area contributed by atoms with E-state index in [-0.39, 0.29) is 59.8 Å². The summed E-state index contributed by atoms with van der Waals surface area (Å²) >= 11 is 2.39. The van der Waals surface area contributed by atoms with Crippen LogP contribution in [0.1, 0.15) is 47.2 Å². The highest BCUT2D eigenvalue weighted by molar-refractivity contribution is 8.00. The fraction of sp³-hybridized carbons (Fsp3) is 0.291. The maximum atomic E-state index is 16.5. The number of hydrogen-bond donors (Lipinski definition) is 0. The Hall–Kier alpha value is -7.51. The quantitative estimate of drug-likeness (QED) is 0.0400. The predicted molar refractivity (Wildman–Crippen MR) is 275 cm³/mol. The molecule has 2 aliphatic rings. The maximum absolute atomic E-state index is 16.5. The molecule has 2 aliphatic heterocycles. The van der Waals surface area contributed by atoms with Gasteiger partial charge in [-0.3, -0.25) is 0 Å². The van der Waals surface area contributed by atoms with Crippen LogP contribution in [0.5, 0.6) is 0 Å². The molecule has 23 heteroatoms. The predicted octanol–water partition coefficient (Wildman–Crippen LogP) is 10.4. The highest BCUT2D eigenvalue weighted by atomic mass is 32.2. The van der Waals surface area contributed by atoms with Crippen LogP contribution >= 0.6 is 23.5 Å². The summed E-state index contributed by atoms with van der Waals surface area (Å²) in [6.45, 7) is 2.79. The molecule has 0 unspecified atom stereocenters. The largest absolute Gasteiger partial charge is 0.510 e. The van der Waals surface area contributed by atoms with Gasteiger partial charge in [-0.1, -0.05) is 48.6 Å². The molecule has 0 amide bonds. The third-order valence-electron chi connectivity index (χ3n) is 12.5. The molecule has 0 N–H and O–H groups in total. The van der Waals surface area contributed by atoms with Crippen LogP contribution in [0.15, 0.2) is 135 Å². The van der Waals surface area contributed by atoms with Crippen LogP contribution in [0.2, 0.25) is 0 Å². The molecule has 2 fully saturated rings. The lowest BCUT2D eigenvalue weighted by Gasteiger charge is -2.43. The van der Waals surface area contributed by atoms with Gasteiger partial charge in [0.2, 0.25) is 0 Å². The lowest BCUT2D eigenvalue weighted by atomic mass is 9.89. The molecule has 2 aromatic heterocycles. The van der Waals surface area contributed by atoms with Crippen molar-refractivity contribution in [3.63, 3.8) is 0 Å².